The lowest BCUT2D eigenvalue weighted by molar-refractivity contribution is -0.136. The number of anilines is 1. The van der Waals surface area contributed by atoms with Gasteiger partial charge in [0.05, 0.1) is 19.5 Å². The van der Waals surface area contributed by atoms with E-state index in [1.54, 1.807) is 6.92 Å². The Morgan fingerprint density at radius 2 is 2.00 bits per heavy atom. The van der Waals surface area contributed by atoms with Gasteiger partial charge in [-0.1, -0.05) is 18.2 Å². The molecule has 0 radical (unpaired) electrons. The molecular formula is C21H23N5O6. The number of hydrogen-bond acceptors (Lipinski definition) is 10. The standard InChI is InChI=1S/C21H23N5O6/c1-2-31-21(30)13(8-22-12-6-4-3-5-7-12)15-16-19(24-10-23-15)26(11-25-16)20-18(29)17(28)14(9-27)32-20/h3-8,10-11,14,17-18,20,22,27-29H,2,9H2,1H3/b13-8-/t14-,17-,18-,20-/m1/s1. The third-order valence-electron chi connectivity index (χ3n) is 5.06. The van der Waals surface area contributed by atoms with Crippen LogP contribution in [0.4, 0.5) is 5.69 Å². The highest BCUT2D eigenvalue weighted by molar-refractivity contribution is 6.18. The van der Waals surface area contributed by atoms with Crippen molar-refractivity contribution in [3.8, 4) is 0 Å². The summed E-state index contributed by atoms with van der Waals surface area (Å²) in [6.45, 7) is 1.42. The average molecular weight is 441 g/mol. The zero-order valence-corrected chi connectivity index (χ0v) is 17.2. The van der Waals surface area contributed by atoms with Crippen LogP contribution in [0.15, 0.2) is 49.2 Å². The van der Waals surface area contributed by atoms with Crippen molar-refractivity contribution in [2.45, 2.75) is 31.5 Å². The van der Waals surface area contributed by atoms with Gasteiger partial charge >= 0.3 is 5.97 Å². The van der Waals surface area contributed by atoms with Crippen LogP contribution < -0.4 is 5.32 Å². The van der Waals surface area contributed by atoms with Crippen molar-refractivity contribution in [3.05, 3.63) is 54.9 Å². The maximum atomic E-state index is 12.7. The second-order valence-electron chi connectivity index (χ2n) is 7.06. The number of nitrogens with zero attached hydrogens (tertiary/aromatic N) is 4. The predicted octanol–water partition coefficient (Wildman–Crippen LogP) is 0.454. The summed E-state index contributed by atoms with van der Waals surface area (Å²) in [6, 6.07) is 9.26. The Hall–Kier alpha value is -3.38. The highest BCUT2D eigenvalue weighted by atomic mass is 16.6. The number of esters is 1. The molecule has 0 bridgehead atoms. The summed E-state index contributed by atoms with van der Waals surface area (Å²) in [4.78, 5) is 25.5. The molecule has 11 heteroatoms. The number of nitrogens with one attached hydrogen (secondary N) is 1. The third kappa shape index (κ3) is 4.06. The minimum absolute atomic E-state index is 0.134. The highest BCUT2D eigenvalue weighted by Gasteiger charge is 2.44. The van der Waals surface area contributed by atoms with Crippen molar-refractivity contribution >= 4 is 28.4 Å². The van der Waals surface area contributed by atoms with E-state index in [-0.39, 0.29) is 29.0 Å². The van der Waals surface area contributed by atoms with Gasteiger partial charge in [0.25, 0.3) is 0 Å². The molecule has 11 nitrogen and oxygen atoms in total. The van der Waals surface area contributed by atoms with E-state index in [2.05, 4.69) is 20.3 Å². The number of imidazole rings is 1. The summed E-state index contributed by atoms with van der Waals surface area (Å²) < 4.78 is 12.2. The number of aliphatic hydroxyl groups excluding tert-OH is 3. The van der Waals surface area contributed by atoms with Crippen LogP contribution in [0, 0.1) is 0 Å². The number of para-hydroxylation sites is 1. The van der Waals surface area contributed by atoms with Gasteiger partial charge in [0.1, 0.15) is 41.4 Å². The molecule has 0 saturated carbocycles. The second-order valence-corrected chi connectivity index (χ2v) is 7.06. The number of carbonyl (C=O) groups is 1. The summed E-state index contributed by atoms with van der Waals surface area (Å²) in [5.41, 5.74) is 1.67. The minimum Gasteiger partial charge on any atom is -0.462 e. The molecule has 1 aliphatic heterocycles. The first-order chi connectivity index (χ1) is 15.5. The highest BCUT2D eigenvalue weighted by Crippen LogP contribution is 2.32. The van der Waals surface area contributed by atoms with Gasteiger partial charge in [0.2, 0.25) is 0 Å². The van der Waals surface area contributed by atoms with Crippen molar-refractivity contribution in [1.29, 1.82) is 0 Å². The van der Waals surface area contributed by atoms with Gasteiger partial charge in [-0.2, -0.15) is 0 Å². The Bertz CT molecular complexity index is 1120. The van der Waals surface area contributed by atoms with E-state index in [4.69, 9.17) is 9.47 Å². The number of rotatable bonds is 7. The number of fused-ring (bicyclic) bond motifs is 1. The zero-order chi connectivity index (χ0) is 22.7. The summed E-state index contributed by atoms with van der Waals surface area (Å²) >= 11 is 0. The Morgan fingerprint density at radius 1 is 1.22 bits per heavy atom. The molecule has 1 saturated heterocycles. The Labute approximate surface area is 183 Å². The molecule has 4 rings (SSSR count). The van der Waals surface area contributed by atoms with Crippen LogP contribution in [0.1, 0.15) is 18.8 Å². The van der Waals surface area contributed by atoms with Gasteiger partial charge in [-0.15, -0.1) is 0 Å². The molecule has 32 heavy (non-hydrogen) atoms. The van der Waals surface area contributed by atoms with E-state index in [0.29, 0.717) is 0 Å². The normalized spacial score (nSPS) is 23.4. The van der Waals surface area contributed by atoms with E-state index >= 15 is 0 Å². The van der Waals surface area contributed by atoms with Gasteiger partial charge in [-0.25, -0.2) is 19.7 Å². The van der Waals surface area contributed by atoms with Crippen LogP contribution >= 0.6 is 0 Å². The van der Waals surface area contributed by atoms with E-state index in [1.807, 2.05) is 30.3 Å². The number of hydrogen-bond donors (Lipinski definition) is 4. The molecule has 3 aromatic rings. The van der Waals surface area contributed by atoms with Gasteiger partial charge in [0, 0.05) is 11.9 Å². The molecule has 4 atom stereocenters. The van der Waals surface area contributed by atoms with Gasteiger partial charge in [0.15, 0.2) is 11.9 Å². The number of carbonyl (C=O) groups excluding carboxylic acids is 1. The van der Waals surface area contributed by atoms with E-state index in [0.717, 1.165) is 5.69 Å². The van der Waals surface area contributed by atoms with Gasteiger partial charge in [-0.3, -0.25) is 4.57 Å². The number of ether oxygens (including phenoxy) is 2. The van der Waals surface area contributed by atoms with Crippen molar-refractivity contribution in [2.75, 3.05) is 18.5 Å². The molecule has 1 aliphatic rings. The molecule has 0 amide bonds. The average Bonchev–Trinajstić information content (AvgIpc) is 3.36. The van der Waals surface area contributed by atoms with E-state index < -0.39 is 37.1 Å². The van der Waals surface area contributed by atoms with Crippen LogP contribution in [-0.4, -0.2) is 72.3 Å². The minimum atomic E-state index is -1.30. The van der Waals surface area contributed by atoms with Gasteiger partial charge in [-0.05, 0) is 19.1 Å². The van der Waals surface area contributed by atoms with Crippen molar-refractivity contribution in [2.24, 2.45) is 0 Å². The molecule has 0 aliphatic carbocycles. The fraction of sp³-hybridized carbons (Fsp3) is 0.333. The first-order valence-electron chi connectivity index (χ1n) is 10.0. The molecule has 1 aromatic carbocycles. The molecule has 0 unspecified atom stereocenters. The van der Waals surface area contributed by atoms with Crippen molar-refractivity contribution < 1.29 is 29.6 Å². The number of benzene rings is 1. The molecule has 4 N–H and O–H groups in total. The summed E-state index contributed by atoms with van der Waals surface area (Å²) in [5, 5.41) is 32.8. The van der Waals surface area contributed by atoms with E-state index in [9.17, 15) is 20.1 Å². The monoisotopic (exact) mass is 441 g/mol. The quantitative estimate of drug-likeness (QED) is 0.300. The summed E-state index contributed by atoms with van der Waals surface area (Å²) in [7, 11) is 0. The molecule has 3 heterocycles. The number of aliphatic hydroxyl groups is 3. The maximum absolute atomic E-state index is 12.7. The van der Waals surface area contributed by atoms with Crippen molar-refractivity contribution in [3.63, 3.8) is 0 Å². The maximum Gasteiger partial charge on any atom is 0.341 e. The Morgan fingerprint density at radius 3 is 2.69 bits per heavy atom. The fourth-order valence-corrected chi connectivity index (χ4v) is 3.47. The molecule has 168 valence electrons. The second kappa shape index (κ2) is 9.40. The fourth-order valence-electron chi connectivity index (χ4n) is 3.47. The molecular weight excluding hydrogens is 418 g/mol. The van der Waals surface area contributed by atoms with E-state index in [1.165, 1.54) is 23.4 Å². The SMILES string of the molecule is CCOC(=O)/C(=C\Nc1ccccc1)c1ncnc2c1ncn2[C@@H]1O[C@H](CO)[C@@H](O)[C@H]1O. The van der Waals surface area contributed by atoms with Crippen LogP contribution in [0.2, 0.25) is 0 Å². The first kappa shape index (κ1) is 21.8. The topological polar surface area (TPSA) is 152 Å². The number of aromatic nitrogens is 4. The van der Waals surface area contributed by atoms with Crippen LogP contribution in [0.25, 0.3) is 16.7 Å². The smallest absolute Gasteiger partial charge is 0.341 e. The first-order valence-corrected chi connectivity index (χ1v) is 10.0. The lowest BCUT2D eigenvalue weighted by Gasteiger charge is -2.16. The Balaban J connectivity index is 1.74. The summed E-state index contributed by atoms with van der Waals surface area (Å²) in [5.74, 6) is -0.599. The molecule has 0 spiro atoms. The zero-order valence-electron chi connectivity index (χ0n) is 17.2. The van der Waals surface area contributed by atoms with Crippen LogP contribution in [0.5, 0.6) is 0 Å². The van der Waals surface area contributed by atoms with Gasteiger partial charge < -0.3 is 30.1 Å². The largest absolute Gasteiger partial charge is 0.462 e. The molecule has 1 fully saturated rings. The third-order valence-corrected chi connectivity index (χ3v) is 5.06. The Kier molecular flexibility index (Phi) is 6.42. The predicted molar refractivity (Wildman–Crippen MR) is 113 cm³/mol. The lowest BCUT2D eigenvalue weighted by Crippen LogP contribution is -2.33. The van der Waals surface area contributed by atoms with Crippen LogP contribution in [0.3, 0.4) is 0 Å². The summed E-state index contributed by atoms with van der Waals surface area (Å²) in [6.07, 6.45) is -0.424. The van der Waals surface area contributed by atoms with Crippen LogP contribution in [-0.2, 0) is 14.3 Å². The van der Waals surface area contributed by atoms with Crippen molar-refractivity contribution in [1.82, 2.24) is 19.5 Å². The molecule has 2 aromatic heterocycles. The lowest BCUT2D eigenvalue weighted by atomic mass is 10.1.